The fourth-order valence-corrected chi connectivity index (χ4v) is 2.73. The molecule has 1 aliphatic carbocycles. The van der Waals surface area contributed by atoms with Gasteiger partial charge in [-0.25, -0.2) is 4.39 Å². The molecule has 13 heavy (non-hydrogen) atoms. The number of halogens is 2. The zero-order valence-electron chi connectivity index (χ0n) is 7.31. The number of rotatable bonds is 2. The molecule has 1 aromatic carbocycles. The van der Waals surface area contributed by atoms with Gasteiger partial charge in [-0.2, -0.15) is 0 Å². The van der Waals surface area contributed by atoms with Crippen molar-refractivity contribution in [1.29, 1.82) is 0 Å². The van der Waals surface area contributed by atoms with E-state index in [1.807, 2.05) is 13.0 Å². The highest BCUT2D eigenvalue weighted by atomic mass is 79.9. The van der Waals surface area contributed by atoms with Crippen LogP contribution in [0.1, 0.15) is 18.4 Å². The van der Waals surface area contributed by atoms with Gasteiger partial charge in [-0.3, -0.25) is 0 Å². The molecule has 0 saturated heterocycles. The second-order valence-corrected chi connectivity index (χ2v) is 5.55. The Hall–Kier alpha value is -0.0200. The highest BCUT2D eigenvalue weighted by Crippen LogP contribution is 2.41. The first-order valence-corrected chi connectivity index (χ1v) is 5.96. The lowest BCUT2D eigenvalue weighted by Crippen LogP contribution is -1.86. The number of benzene rings is 1. The zero-order chi connectivity index (χ0) is 9.42. The van der Waals surface area contributed by atoms with E-state index in [0.29, 0.717) is 4.47 Å². The molecule has 0 nitrogen and oxygen atoms in total. The van der Waals surface area contributed by atoms with Gasteiger partial charge in [0.1, 0.15) is 5.82 Å². The molecule has 1 aliphatic rings. The Balaban J connectivity index is 2.27. The molecule has 0 amide bonds. The summed E-state index contributed by atoms with van der Waals surface area (Å²) in [7, 11) is 0. The van der Waals surface area contributed by atoms with Crippen molar-refractivity contribution in [2.24, 2.45) is 0 Å². The van der Waals surface area contributed by atoms with E-state index >= 15 is 0 Å². The summed E-state index contributed by atoms with van der Waals surface area (Å²) < 4.78 is 13.7. The molecule has 1 fully saturated rings. The van der Waals surface area contributed by atoms with Gasteiger partial charge in [0.25, 0.3) is 0 Å². The van der Waals surface area contributed by atoms with Crippen LogP contribution < -0.4 is 0 Å². The summed E-state index contributed by atoms with van der Waals surface area (Å²) in [5.41, 5.74) is 1.16. The van der Waals surface area contributed by atoms with Crippen LogP contribution in [0.3, 0.4) is 0 Å². The maximum atomic E-state index is 13.2. The minimum absolute atomic E-state index is 0.159. The molecule has 0 aliphatic heterocycles. The van der Waals surface area contributed by atoms with Gasteiger partial charge in [0.05, 0.1) is 4.47 Å². The first-order chi connectivity index (χ1) is 6.16. The molecule has 0 spiro atoms. The molecule has 0 N–H and O–H groups in total. The second-order valence-electron chi connectivity index (χ2n) is 3.35. The van der Waals surface area contributed by atoms with Gasteiger partial charge >= 0.3 is 0 Å². The van der Waals surface area contributed by atoms with Gasteiger partial charge in [-0.15, -0.1) is 11.8 Å². The van der Waals surface area contributed by atoms with Gasteiger partial charge < -0.3 is 0 Å². The monoisotopic (exact) mass is 260 g/mol. The largest absolute Gasteiger partial charge is 0.206 e. The smallest absolute Gasteiger partial charge is 0.138 e. The Morgan fingerprint density at radius 1 is 1.46 bits per heavy atom. The summed E-state index contributed by atoms with van der Waals surface area (Å²) >= 11 is 4.98. The van der Waals surface area contributed by atoms with Crippen LogP contribution in [0.2, 0.25) is 0 Å². The van der Waals surface area contributed by atoms with Crippen molar-refractivity contribution in [3.8, 4) is 0 Å². The molecule has 3 heteroatoms. The molecule has 1 aromatic rings. The lowest BCUT2D eigenvalue weighted by atomic mass is 10.2. The average molecular weight is 261 g/mol. The van der Waals surface area contributed by atoms with Crippen molar-refractivity contribution in [2.75, 3.05) is 0 Å². The highest BCUT2D eigenvalue weighted by molar-refractivity contribution is 9.10. The minimum Gasteiger partial charge on any atom is -0.206 e. The fourth-order valence-electron chi connectivity index (χ4n) is 1.12. The average Bonchev–Trinajstić information content (AvgIpc) is 2.84. The van der Waals surface area contributed by atoms with E-state index in [0.717, 1.165) is 15.7 Å². The zero-order valence-corrected chi connectivity index (χ0v) is 9.71. The Labute approximate surface area is 90.0 Å². The minimum atomic E-state index is -0.159. The molecule has 70 valence electrons. The third-order valence-corrected chi connectivity index (χ3v) is 4.14. The lowest BCUT2D eigenvalue weighted by molar-refractivity contribution is 0.616. The molecule has 0 atom stereocenters. The van der Waals surface area contributed by atoms with Crippen molar-refractivity contribution in [3.05, 3.63) is 28.0 Å². The van der Waals surface area contributed by atoms with E-state index in [-0.39, 0.29) is 5.82 Å². The van der Waals surface area contributed by atoms with Gasteiger partial charge in [0.15, 0.2) is 0 Å². The van der Waals surface area contributed by atoms with Gasteiger partial charge in [0, 0.05) is 10.1 Å². The summed E-state index contributed by atoms with van der Waals surface area (Å²) in [5.74, 6) is -0.159. The number of thioether (sulfide) groups is 1. The molecule has 0 bridgehead atoms. The van der Waals surface area contributed by atoms with E-state index in [2.05, 4.69) is 15.9 Å². The van der Waals surface area contributed by atoms with Crippen LogP contribution in [0.4, 0.5) is 4.39 Å². The molecule has 2 rings (SSSR count). The quantitative estimate of drug-likeness (QED) is 0.770. The third-order valence-electron chi connectivity index (χ3n) is 2.04. The molecule has 0 unspecified atom stereocenters. The molecule has 0 aromatic heterocycles. The maximum absolute atomic E-state index is 13.2. The molecular formula is C10H10BrFS. The predicted octanol–water partition coefficient (Wildman–Crippen LogP) is 4.15. The Morgan fingerprint density at radius 3 is 2.77 bits per heavy atom. The molecule has 0 heterocycles. The summed E-state index contributed by atoms with van der Waals surface area (Å²) in [4.78, 5) is 1.09. The van der Waals surface area contributed by atoms with Crippen LogP contribution in [-0.4, -0.2) is 5.25 Å². The first kappa shape index (κ1) is 9.53. The van der Waals surface area contributed by atoms with E-state index in [9.17, 15) is 4.39 Å². The molecule has 0 radical (unpaired) electrons. The van der Waals surface area contributed by atoms with Crippen molar-refractivity contribution in [2.45, 2.75) is 29.9 Å². The topological polar surface area (TPSA) is 0 Å². The fraction of sp³-hybridized carbons (Fsp3) is 0.400. The summed E-state index contributed by atoms with van der Waals surface area (Å²) in [6.07, 6.45) is 2.56. The predicted molar refractivity (Wildman–Crippen MR) is 57.7 cm³/mol. The van der Waals surface area contributed by atoms with Gasteiger partial charge in [0.2, 0.25) is 0 Å². The molecule has 1 saturated carbocycles. The molecular weight excluding hydrogens is 251 g/mol. The van der Waals surface area contributed by atoms with Crippen LogP contribution in [0.15, 0.2) is 21.5 Å². The Morgan fingerprint density at radius 2 is 2.15 bits per heavy atom. The van der Waals surface area contributed by atoms with Crippen LogP contribution >= 0.6 is 27.7 Å². The van der Waals surface area contributed by atoms with Crippen LogP contribution in [0, 0.1) is 12.7 Å². The highest BCUT2D eigenvalue weighted by Gasteiger charge is 2.23. The lowest BCUT2D eigenvalue weighted by Gasteiger charge is -2.05. The van der Waals surface area contributed by atoms with Crippen molar-refractivity contribution in [1.82, 2.24) is 0 Å². The van der Waals surface area contributed by atoms with Crippen LogP contribution in [-0.2, 0) is 0 Å². The normalized spacial score (nSPS) is 16.2. The summed E-state index contributed by atoms with van der Waals surface area (Å²) in [5, 5.41) is 0.735. The van der Waals surface area contributed by atoms with E-state index in [1.54, 1.807) is 17.8 Å². The van der Waals surface area contributed by atoms with E-state index in [4.69, 9.17) is 0 Å². The standard InChI is InChI=1S/C10H10BrFS/c1-6-4-8(11)9(12)5-10(6)13-7-2-3-7/h4-5,7H,2-3H2,1H3. The summed E-state index contributed by atoms with van der Waals surface area (Å²) in [6.45, 7) is 2.02. The first-order valence-electron chi connectivity index (χ1n) is 4.29. The van der Waals surface area contributed by atoms with Gasteiger partial charge in [-0.05, 0) is 53.4 Å². The summed E-state index contributed by atoms with van der Waals surface area (Å²) in [6, 6.07) is 3.47. The van der Waals surface area contributed by atoms with E-state index in [1.165, 1.54) is 12.8 Å². The Kier molecular flexibility index (Phi) is 2.65. The van der Waals surface area contributed by atoms with Crippen molar-refractivity contribution < 1.29 is 4.39 Å². The van der Waals surface area contributed by atoms with Crippen LogP contribution in [0.5, 0.6) is 0 Å². The number of aryl methyl sites for hydroxylation is 1. The third kappa shape index (κ3) is 2.26. The SMILES string of the molecule is Cc1cc(Br)c(F)cc1SC1CC1. The van der Waals surface area contributed by atoms with Gasteiger partial charge in [-0.1, -0.05) is 0 Å². The van der Waals surface area contributed by atoms with Crippen molar-refractivity contribution >= 4 is 27.7 Å². The Bertz CT molecular complexity index is 334. The second kappa shape index (κ2) is 3.62. The maximum Gasteiger partial charge on any atom is 0.138 e. The number of hydrogen-bond acceptors (Lipinski definition) is 1. The van der Waals surface area contributed by atoms with E-state index < -0.39 is 0 Å². The van der Waals surface area contributed by atoms with Crippen molar-refractivity contribution in [3.63, 3.8) is 0 Å². The van der Waals surface area contributed by atoms with Crippen LogP contribution in [0.25, 0.3) is 0 Å². The number of hydrogen-bond donors (Lipinski definition) is 0.